The number of ether oxygens (including phenoxy) is 3. The van der Waals surface area contributed by atoms with Gasteiger partial charge in [0.2, 0.25) is 0 Å². The Morgan fingerprint density at radius 2 is 1.86 bits per heavy atom. The van der Waals surface area contributed by atoms with E-state index in [4.69, 9.17) is 14.2 Å². The second-order valence-electron chi connectivity index (χ2n) is 5.28. The second kappa shape index (κ2) is 4.93. The highest BCUT2D eigenvalue weighted by molar-refractivity contribution is 6.05. The van der Waals surface area contributed by atoms with Crippen molar-refractivity contribution in [3.63, 3.8) is 0 Å². The van der Waals surface area contributed by atoms with E-state index in [1.165, 1.54) is 5.39 Å². The van der Waals surface area contributed by atoms with Gasteiger partial charge in [-0.3, -0.25) is 0 Å². The lowest BCUT2D eigenvalue weighted by molar-refractivity contribution is 0.267. The first-order valence-corrected chi connectivity index (χ1v) is 7.09. The molecule has 1 atom stereocenters. The molecular weight excluding hydrogens is 264 g/mol. The summed E-state index contributed by atoms with van der Waals surface area (Å²) in [5.74, 6) is 1.75. The highest BCUT2D eigenvalue weighted by atomic mass is 16.6. The quantitative estimate of drug-likeness (QED) is 0.538. The van der Waals surface area contributed by atoms with Crippen LogP contribution < -0.4 is 9.47 Å². The molecule has 0 saturated carbocycles. The van der Waals surface area contributed by atoms with Crippen LogP contribution in [-0.4, -0.2) is 26.4 Å². The van der Waals surface area contributed by atoms with Crippen molar-refractivity contribution in [1.82, 2.24) is 0 Å². The maximum atomic E-state index is 6.08. The molecule has 0 spiro atoms. The fourth-order valence-electron chi connectivity index (χ4n) is 2.62. The van der Waals surface area contributed by atoms with Gasteiger partial charge in [-0.05, 0) is 29.0 Å². The summed E-state index contributed by atoms with van der Waals surface area (Å²) in [7, 11) is 1.68. The molecule has 1 heterocycles. The lowest BCUT2D eigenvalue weighted by Crippen LogP contribution is -2.05. The molecule has 1 unspecified atom stereocenters. The fraction of sp³-hybridized carbons (Fsp3) is 0.222. The average molecular weight is 280 g/mol. The van der Waals surface area contributed by atoms with Gasteiger partial charge in [0.15, 0.2) is 0 Å². The van der Waals surface area contributed by atoms with E-state index in [1.54, 1.807) is 7.11 Å². The van der Waals surface area contributed by atoms with Gasteiger partial charge in [-0.2, -0.15) is 0 Å². The predicted molar refractivity (Wildman–Crippen MR) is 83.2 cm³/mol. The smallest absolute Gasteiger partial charge is 0.135 e. The Hall–Kier alpha value is -2.26. The molecule has 0 aliphatic carbocycles. The minimum Gasteiger partial charge on any atom is -0.497 e. The monoisotopic (exact) mass is 280 g/mol. The average Bonchev–Trinajstić information content (AvgIpc) is 3.35. The van der Waals surface area contributed by atoms with Crippen molar-refractivity contribution in [2.45, 2.75) is 6.10 Å². The van der Waals surface area contributed by atoms with Crippen molar-refractivity contribution in [3.05, 3.63) is 48.5 Å². The Labute approximate surface area is 123 Å². The molecule has 106 valence electrons. The predicted octanol–water partition coefficient (Wildman–Crippen LogP) is 3.78. The van der Waals surface area contributed by atoms with Crippen LogP contribution in [0.25, 0.3) is 21.5 Å². The van der Waals surface area contributed by atoms with Gasteiger partial charge in [-0.15, -0.1) is 0 Å². The van der Waals surface area contributed by atoms with Crippen LogP contribution in [0.15, 0.2) is 48.5 Å². The highest BCUT2D eigenvalue weighted by Gasteiger charge is 2.24. The van der Waals surface area contributed by atoms with Crippen molar-refractivity contribution in [2.24, 2.45) is 0 Å². The van der Waals surface area contributed by atoms with Gasteiger partial charge in [-0.1, -0.05) is 30.3 Å². The zero-order valence-electron chi connectivity index (χ0n) is 11.8. The van der Waals surface area contributed by atoms with Gasteiger partial charge in [-0.25, -0.2) is 0 Å². The highest BCUT2D eigenvalue weighted by Crippen LogP contribution is 2.37. The van der Waals surface area contributed by atoms with Gasteiger partial charge >= 0.3 is 0 Å². The van der Waals surface area contributed by atoms with Crippen molar-refractivity contribution in [1.29, 1.82) is 0 Å². The normalized spacial score (nSPS) is 17.1. The molecule has 1 saturated heterocycles. The molecule has 0 bridgehead atoms. The molecule has 0 N–H and O–H groups in total. The van der Waals surface area contributed by atoms with E-state index in [0.717, 1.165) is 34.3 Å². The molecular formula is C18H16O3. The maximum Gasteiger partial charge on any atom is 0.135 e. The van der Waals surface area contributed by atoms with Gasteiger partial charge in [0.25, 0.3) is 0 Å². The first kappa shape index (κ1) is 12.5. The lowest BCUT2D eigenvalue weighted by Gasteiger charge is -2.13. The molecule has 0 aromatic heterocycles. The molecule has 3 aromatic rings. The summed E-state index contributed by atoms with van der Waals surface area (Å²) in [5, 5.41) is 4.54. The number of benzene rings is 3. The van der Waals surface area contributed by atoms with Gasteiger partial charge in [0.1, 0.15) is 24.2 Å². The van der Waals surface area contributed by atoms with E-state index in [9.17, 15) is 0 Å². The van der Waals surface area contributed by atoms with Crippen LogP contribution >= 0.6 is 0 Å². The summed E-state index contributed by atoms with van der Waals surface area (Å²) in [6.07, 6.45) is 0.240. The Balaban J connectivity index is 1.94. The number of rotatable bonds is 4. The van der Waals surface area contributed by atoms with Gasteiger partial charge in [0.05, 0.1) is 13.7 Å². The first-order valence-electron chi connectivity index (χ1n) is 7.09. The van der Waals surface area contributed by atoms with Crippen molar-refractivity contribution < 1.29 is 14.2 Å². The van der Waals surface area contributed by atoms with Crippen molar-refractivity contribution >= 4 is 21.5 Å². The summed E-state index contributed by atoms with van der Waals surface area (Å²) in [5.41, 5.74) is 0. The molecule has 1 aliphatic heterocycles. The van der Waals surface area contributed by atoms with E-state index in [0.29, 0.717) is 6.61 Å². The summed E-state index contributed by atoms with van der Waals surface area (Å²) in [6.45, 7) is 1.40. The fourth-order valence-corrected chi connectivity index (χ4v) is 2.62. The zero-order chi connectivity index (χ0) is 14.2. The molecule has 0 radical (unpaired) electrons. The molecule has 21 heavy (non-hydrogen) atoms. The number of epoxide rings is 1. The third kappa shape index (κ3) is 2.30. The topological polar surface area (TPSA) is 31.0 Å². The van der Waals surface area contributed by atoms with E-state index >= 15 is 0 Å². The molecule has 0 amide bonds. The van der Waals surface area contributed by atoms with Crippen molar-refractivity contribution in [2.75, 3.05) is 20.3 Å². The second-order valence-corrected chi connectivity index (χ2v) is 5.28. The summed E-state index contributed by atoms with van der Waals surface area (Å²) in [4.78, 5) is 0. The third-order valence-corrected chi connectivity index (χ3v) is 3.84. The number of hydrogen-bond acceptors (Lipinski definition) is 3. The van der Waals surface area contributed by atoms with Crippen LogP contribution in [0.2, 0.25) is 0 Å². The minimum absolute atomic E-state index is 0.240. The molecule has 3 heteroatoms. The van der Waals surface area contributed by atoms with Crippen LogP contribution in [0.3, 0.4) is 0 Å². The molecule has 1 fully saturated rings. The largest absolute Gasteiger partial charge is 0.497 e. The third-order valence-electron chi connectivity index (χ3n) is 3.84. The SMILES string of the molecule is COc1ccc2cc3ccccc3c(OCC3CO3)c2c1. The van der Waals surface area contributed by atoms with Crippen LogP contribution in [0.1, 0.15) is 0 Å². The van der Waals surface area contributed by atoms with E-state index in [-0.39, 0.29) is 6.10 Å². The molecule has 3 aromatic carbocycles. The minimum atomic E-state index is 0.240. The van der Waals surface area contributed by atoms with Crippen LogP contribution in [0, 0.1) is 0 Å². The summed E-state index contributed by atoms with van der Waals surface area (Å²) >= 11 is 0. The van der Waals surface area contributed by atoms with Crippen LogP contribution in [0.4, 0.5) is 0 Å². The molecule has 3 nitrogen and oxygen atoms in total. The van der Waals surface area contributed by atoms with Gasteiger partial charge < -0.3 is 14.2 Å². The van der Waals surface area contributed by atoms with E-state index in [2.05, 4.69) is 24.3 Å². The zero-order valence-corrected chi connectivity index (χ0v) is 11.8. The molecule has 4 rings (SSSR count). The lowest BCUT2D eigenvalue weighted by atomic mass is 10.0. The Kier molecular flexibility index (Phi) is 2.93. The Morgan fingerprint density at radius 3 is 2.67 bits per heavy atom. The standard InChI is InChI=1S/C18H16O3/c1-19-14-7-6-13-8-12-4-2-3-5-16(12)18(17(13)9-14)21-11-15-10-20-15/h2-9,15H,10-11H2,1H3. The van der Waals surface area contributed by atoms with Crippen molar-refractivity contribution in [3.8, 4) is 11.5 Å². The summed E-state index contributed by atoms with van der Waals surface area (Å²) < 4.78 is 16.7. The Morgan fingerprint density at radius 1 is 1.05 bits per heavy atom. The maximum absolute atomic E-state index is 6.08. The number of fused-ring (bicyclic) bond motifs is 2. The van der Waals surface area contributed by atoms with Gasteiger partial charge in [0, 0.05) is 10.8 Å². The summed E-state index contributed by atoms with van der Waals surface area (Å²) in [6, 6.07) is 16.6. The van der Waals surface area contributed by atoms with E-state index in [1.807, 2.05) is 24.3 Å². The van der Waals surface area contributed by atoms with E-state index < -0.39 is 0 Å². The van der Waals surface area contributed by atoms with Crippen LogP contribution in [0.5, 0.6) is 11.5 Å². The van der Waals surface area contributed by atoms with Crippen LogP contribution in [-0.2, 0) is 4.74 Å². The molecule has 1 aliphatic rings. The number of methoxy groups -OCH3 is 1. The first-order chi connectivity index (χ1) is 10.3. The number of hydrogen-bond donors (Lipinski definition) is 0. The Bertz CT molecular complexity index is 806.